The van der Waals surface area contributed by atoms with E-state index in [-0.39, 0.29) is 0 Å². The molecule has 0 amide bonds. The van der Waals surface area contributed by atoms with Crippen LogP contribution in [0.25, 0.3) is 0 Å². The predicted molar refractivity (Wildman–Crippen MR) is 51.1 cm³/mol. The quantitative estimate of drug-likeness (QED) is 0.587. The molecule has 0 aliphatic carbocycles. The second-order valence-electron chi connectivity index (χ2n) is 2.51. The highest BCUT2D eigenvalue weighted by Crippen LogP contribution is 1.95. The van der Waals surface area contributed by atoms with Crippen LogP contribution in [0.15, 0.2) is 0 Å². The smallest absolute Gasteiger partial charge is 0.0117 e. The van der Waals surface area contributed by atoms with E-state index in [4.69, 9.17) is 0 Å². The van der Waals surface area contributed by atoms with Gasteiger partial charge in [-0.1, -0.05) is 20.3 Å². The molecule has 60 valence electrons. The summed E-state index contributed by atoms with van der Waals surface area (Å²) in [6, 6.07) is 0. The summed E-state index contributed by atoms with van der Waals surface area (Å²) in [5.74, 6) is 0. The first kappa shape index (κ1) is 10.1. The highest BCUT2D eigenvalue weighted by molar-refractivity contribution is 7.20. The van der Waals surface area contributed by atoms with Gasteiger partial charge in [0.15, 0.2) is 0 Å². The monoisotopic (exact) mass is 159 g/mol. The van der Waals surface area contributed by atoms with Crippen molar-refractivity contribution in [2.45, 2.75) is 39.5 Å². The van der Waals surface area contributed by atoms with Gasteiger partial charge in [0, 0.05) is 5.42 Å². The van der Waals surface area contributed by atoms with Crippen molar-refractivity contribution in [3.63, 3.8) is 0 Å². The Hall–Kier alpha value is 0.130. The van der Waals surface area contributed by atoms with Gasteiger partial charge in [-0.2, -0.15) is 0 Å². The molecule has 1 N–H and O–H groups in total. The highest BCUT2D eigenvalue weighted by atomic mass is 31.0. The van der Waals surface area contributed by atoms with Gasteiger partial charge < -0.3 is 0 Å². The minimum Gasteiger partial charge on any atom is -0.289 e. The molecule has 0 unspecified atom stereocenters. The third-order valence-corrected chi connectivity index (χ3v) is 1.80. The van der Waals surface area contributed by atoms with Gasteiger partial charge in [-0.05, 0) is 25.8 Å². The number of hydrogen-bond donors (Lipinski definition) is 1. The van der Waals surface area contributed by atoms with Crippen LogP contribution in [0.2, 0.25) is 0 Å². The van der Waals surface area contributed by atoms with Crippen LogP contribution < -0.4 is 5.32 Å². The van der Waals surface area contributed by atoms with Gasteiger partial charge in [-0.15, -0.1) is 8.86 Å². The summed E-state index contributed by atoms with van der Waals surface area (Å²) in [4.78, 5) is 0. The molecule has 0 aromatic heterocycles. The molecule has 1 nitrogen and oxygen atoms in total. The summed E-state index contributed by atoms with van der Waals surface area (Å²) in [6.07, 6.45) is 4.89. The van der Waals surface area contributed by atoms with E-state index in [9.17, 15) is 0 Å². The molecule has 2 heteroatoms. The van der Waals surface area contributed by atoms with Gasteiger partial charge in [-0.3, -0.25) is 5.32 Å². The Morgan fingerprint density at radius 3 is 2.50 bits per heavy atom. The van der Waals surface area contributed by atoms with Crippen molar-refractivity contribution in [1.82, 2.24) is 5.32 Å². The lowest BCUT2D eigenvalue weighted by molar-refractivity contribution is 0.789. The minimum atomic E-state index is 1.09. The van der Waals surface area contributed by atoms with Crippen molar-refractivity contribution >= 4 is 14.3 Å². The van der Waals surface area contributed by atoms with Crippen molar-refractivity contribution < 1.29 is 0 Å². The lowest BCUT2D eigenvalue weighted by atomic mass is 10.2. The molecule has 0 aliphatic rings. The molecule has 10 heavy (non-hydrogen) atoms. The molecule has 0 bridgehead atoms. The van der Waals surface area contributed by atoms with Gasteiger partial charge in [0.2, 0.25) is 0 Å². The Balaban J connectivity index is 3.09. The van der Waals surface area contributed by atoms with Gasteiger partial charge in [0.25, 0.3) is 0 Å². The zero-order valence-corrected chi connectivity index (χ0v) is 8.04. The number of hydrogen-bond acceptors (Lipinski definition) is 0. The fourth-order valence-corrected chi connectivity index (χ4v) is 1.02. The largest absolute Gasteiger partial charge is 0.289 e. The highest BCUT2D eigenvalue weighted by Gasteiger charge is 1.90. The lowest BCUT2D eigenvalue weighted by Gasteiger charge is -2.03. The Kier molecular flexibility index (Phi) is 7.33. The SMILES string of the molecule is CCCCC(=P)NCCC. The van der Waals surface area contributed by atoms with Crippen LogP contribution in [0.5, 0.6) is 0 Å². The van der Waals surface area contributed by atoms with Crippen molar-refractivity contribution in [2.24, 2.45) is 0 Å². The first-order chi connectivity index (χ1) is 4.81. The number of unbranched alkanes of at least 4 members (excludes halogenated alkanes) is 1. The molecule has 0 spiro atoms. The molecule has 0 saturated carbocycles. The topological polar surface area (TPSA) is 12.0 Å². The van der Waals surface area contributed by atoms with Crippen LogP contribution in [0.1, 0.15) is 39.5 Å². The Bertz CT molecular complexity index is 81.3. The summed E-state index contributed by atoms with van der Waals surface area (Å²) >= 11 is 0. The third kappa shape index (κ3) is 6.25. The van der Waals surface area contributed by atoms with Crippen LogP contribution in [0.4, 0.5) is 0 Å². The first-order valence-corrected chi connectivity index (χ1v) is 4.62. The average Bonchev–Trinajstić information content (AvgIpc) is 1.97. The van der Waals surface area contributed by atoms with E-state index in [2.05, 4.69) is 28.0 Å². The van der Waals surface area contributed by atoms with Crippen LogP contribution in [0.3, 0.4) is 0 Å². The first-order valence-electron chi connectivity index (χ1n) is 4.12. The number of nitrogens with one attached hydrogen (secondary N) is 1. The molecular formula is C8H18NP. The molecular weight excluding hydrogens is 141 g/mol. The van der Waals surface area contributed by atoms with Crippen LogP contribution in [-0.2, 0) is 0 Å². The molecule has 0 radical (unpaired) electrons. The summed E-state index contributed by atoms with van der Waals surface area (Å²) in [5, 5.41) is 3.30. The fraction of sp³-hybridized carbons (Fsp3) is 0.875. The van der Waals surface area contributed by atoms with Gasteiger partial charge >= 0.3 is 0 Å². The van der Waals surface area contributed by atoms with Crippen molar-refractivity contribution in [2.75, 3.05) is 6.54 Å². The Morgan fingerprint density at radius 2 is 2.00 bits per heavy atom. The van der Waals surface area contributed by atoms with E-state index < -0.39 is 0 Å². The molecule has 0 fully saturated rings. The molecule has 0 rings (SSSR count). The maximum absolute atomic E-state index is 3.53. The maximum Gasteiger partial charge on any atom is 0.0117 e. The molecule has 0 heterocycles. The van der Waals surface area contributed by atoms with E-state index in [1.165, 1.54) is 24.7 Å². The lowest BCUT2D eigenvalue weighted by Crippen LogP contribution is -2.21. The van der Waals surface area contributed by atoms with E-state index >= 15 is 0 Å². The third-order valence-electron chi connectivity index (χ3n) is 1.37. The molecule has 0 atom stereocenters. The normalized spacial score (nSPS) is 9.80. The summed E-state index contributed by atoms with van der Waals surface area (Å²) < 4.78 is 0. The Morgan fingerprint density at radius 1 is 1.30 bits per heavy atom. The second-order valence-corrected chi connectivity index (χ2v) is 3.11. The van der Waals surface area contributed by atoms with E-state index in [0.717, 1.165) is 13.0 Å². The molecule has 0 saturated heterocycles. The maximum atomic E-state index is 3.53. The van der Waals surface area contributed by atoms with Crippen molar-refractivity contribution in [3.05, 3.63) is 0 Å². The zero-order chi connectivity index (χ0) is 7.82. The summed E-state index contributed by atoms with van der Waals surface area (Å²) in [6.45, 7) is 5.47. The average molecular weight is 159 g/mol. The summed E-state index contributed by atoms with van der Waals surface area (Å²) in [5.41, 5.74) is 1.25. The summed E-state index contributed by atoms with van der Waals surface area (Å²) in [7, 11) is 3.53. The standard InChI is InChI=1S/C8H18NP/c1-3-5-6-8(10)9-7-4-2/h9-10H,3-7H2,1-2H3. The van der Waals surface area contributed by atoms with E-state index in [1.54, 1.807) is 0 Å². The Labute approximate surface area is 66.4 Å². The number of rotatable bonds is 6. The predicted octanol–water partition coefficient (Wildman–Crippen LogP) is 2.45. The van der Waals surface area contributed by atoms with Gasteiger partial charge in [0.1, 0.15) is 0 Å². The fourth-order valence-electron chi connectivity index (χ4n) is 0.718. The van der Waals surface area contributed by atoms with Crippen LogP contribution in [-0.4, -0.2) is 12.0 Å². The second kappa shape index (κ2) is 7.24. The van der Waals surface area contributed by atoms with Crippen molar-refractivity contribution in [3.8, 4) is 0 Å². The molecule has 0 aliphatic heterocycles. The van der Waals surface area contributed by atoms with Gasteiger partial charge in [-0.25, -0.2) is 0 Å². The van der Waals surface area contributed by atoms with Gasteiger partial charge in [0.05, 0.1) is 0 Å². The zero-order valence-electron chi connectivity index (χ0n) is 7.04. The van der Waals surface area contributed by atoms with E-state index in [0.29, 0.717) is 0 Å². The minimum absolute atomic E-state index is 1.09. The van der Waals surface area contributed by atoms with Crippen LogP contribution >= 0.6 is 8.86 Å². The van der Waals surface area contributed by atoms with E-state index in [1.807, 2.05) is 0 Å². The molecule has 0 aromatic rings. The van der Waals surface area contributed by atoms with Crippen LogP contribution in [0, 0.1) is 0 Å². The van der Waals surface area contributed by atoms with Crippen molar-refractivity contribution in [1.29, 1.82) is 0 Å². The molecule has 0 aromatic carbocycles.